The van der Waals surface area contributed by atoms with Crippen molar-refractivity contribution in [1.82, 2.24) is 0 Å². The van der Waals surface area contributed by atoms with E-state index in [0.717, 1.165) is 0 Å². The van der Waals surface area contributed by atoms with Crippen molar-refractivity contribution in [3.8, 4) is 0 Å². The molecule has 22 heavy (non-hydrogen) atoms. The molecule has 0 aliphatic rings. The summed E-state index contributed by atoms with van der Waals surface area (Å²) in [6.45, 7) is 11.3. The molecule has 0 saturated heterocycles. The number of aliphatic carboxylic acids is 2. The Morgan fingerprint density at radius 2 is 1.18 bits per heavy atom. The van der Waals surface area contributed by atoms with E-state index in [1.54, 1.807) is 0 Å². The summed E-state index contributed by atoms with van der Waals surface area (Å²) in [5, 5.41) is 15.8. The SMILES string of the molecule is C=C(C)C(=O)O.C=C(C)C(=O)O.Cc1ccc(N(C)C)cc1. The normalized spacial score (nSPS) is 8.41. The van der Waals surface area contributed by atoms with Crippen LogP contribution < -0.4 is 4.90 Å². The molecule has 0 amide bonds. The molecule has 0 fully saturated rings. The Morgan fingerprint density at radius 3 is 1.36 bits per heavy atom. The van der Waals surface area contributed by atoms with E-state index in [1.165, 1.54) is 25.1 Å². The van der Waals surface area contributed by atoms with Gasteiger partial charge in [0.15, 0.2) is 0 Å². The van der Waals surface area contributed by atoms with Crippen LogP contribution in [0.4, 0.5) is 5.69 Å². The quantitative estimate of drug-likeness (QED) is 0.837. The Morgan fingerprint density at radius 1 is 0.909 bits per heavy atom. The van der Waals surface area contributed by atoms with Gasteiger partial charge in [-0.25, -0.2) is 9.59 Å². The van der Waals surface area contributed by atoms with Crippen LogP contribution in [-0.2, 0) is 9.59 Å². The van der Waals surface area contributed by atoms with Crippen LogP contribution in [-0.4, -0.2) is 36.2 Å². The van der Waals surface area contributed by atoms with E-state index in [1.807, 2.05) is 14.1 Å². The zero-order valence-electron chi connectivity index (χ0n) is 13.9. The number of anilines is 1. The Kier molecular flexibility index (Phi) is 11.0. The van der Waals surface area contributed by atoms with Gasteiger partial charge >= 0.3 is 11.9 Å². The van der Waals surface area contributed by atoms with E-state index >= 15 is 0 Å². The summed E-state index contributed by atoms with van der Waals surface area (Å²) in [5.74, 6) is -1.87. The number of rotatable bonds is 3. The average molecular weight is 307 g/mol. The standard InChI is InChI=1S/C9H13N.2C4H6O2/c1-8-4-6-9(7-5-8)10(2)3;2*1-3(2)4(5)6/h4-7H,1-3H3;2*1H2,2H3,(H,5,6). The molecular weight excluding hydrogens is 282 g/mol. The number of hydrogen-bond donors (Lipinski definition) is 2. The Balaban J connectivity index is 0. The highest BCUT2D eigenvalue weighted by atomic mass is 16.4. The first-order chi connectivity index (χ1) is 9.98. The van der Waals surface area contributed by atoms with Gasteiger partial charge in [0, 0.05) is 30.9 Å². The predicted octanol–water partition coefficient (Wildman–Crippen LogP) is 3.36. The second kappa shape index (κ2) is 11.1. The smallest absolute Gasteiger partial charge is 0.330 e. The van der Waals surface area contributed by atoms with Gasteiger partial charge in [-0.2, -0.15) is 0 Å². The van der Waals surface area contributed by atoms with Crippen LogP contribution in [0.2, 0.25) is 0 Å². The second-order valence-corrected chi connectivity index (χ2v) is 4.90. The molecule has 0 atom stereocenters. The summed E-state index contributed by atoms with van der Waals surface area (Å²) in [4.78, 5) is 21.3. The van der Waals surface area contributed by atoms with Crippen LogP contribution in [0.25, 0.3) is 0 Å². The van der Waals surface area contributed by atoms with E-state index < -0.39 is 11.9 Å². The van der Waals surface area contributed by atoms with E-state index in [-0.39, 0.29) is 11.1 Å². The Labute approximate surface area is 132 Å². The van der Waals surface area contributed by atoms with Crippen LogP contribution in [0.5, 0.6) is 0 Å². The molecule has 122 valence electrons. The van der Waals surface area contributed by atoms with E-state index in [2.05, 4.69) is 49.2 Å². The van der Waals surface area contributed by atoms with Crippen LogP contribution in [0.15, 0.2) is 48.6 Å². The Bertz CT molecular complexity index is 468. The number of carboxylic acids is 2. The second-order valence-electron chi connectivity index (χ2n) is 4.90. The van der Waals surface area contributed by atoms with Gasteiger partial charge in [-0.15, -0.1) is 0 Å². The van der Waals surface area contributed by atoms with E-state index in [0.29, 0.717) is 0 Å². The molecule has 1 aromatic carbocycles. The van der Waals surface area contributed by atoms with Gasteiger partial charge in [0.25, 0.3) is 0 Å². The number of carbonyl (C=O) groups is 2. The van der Waals surface area contributed by atoms with Crippen molar-refractivity contribution in [2.24, 2.45) is 0 Å². The topological polar surface area (TPSA) is 77.8 Å². The minimum atomic E-state index is -0.935. The molecule has 1 aromatic rings. The maximum atomic E-state index is 9.60. The lowest BCUT2D eigenvalue weighted by Crippen LogP contribution is -2.07. The lowest BCUT2D eigenvalue weighted by atomic mass is 10.2. The van der Waals surface area contributed by atoms with Crippen LogP contribution >= 0.6 is 0 Å². The molecule has 0 aliphatic heterocycles. The summed E-state index contributed by atoms with van der Waals surface area (Å²) in [6, 6.07) is 8.48. The zero-order valence-corrected chi connectivity index (χ0v) is 13.9. The molecule has 0 saturated carbocycles. The molecule has 0 unspecified atom stereocenters. The number of nitrogens with zero attached hydrogens (tertiary/aromatic N) is 1. The molecule has 1 rings (SSSR count). The van der Waals surface area contributed by atoms with Gasteiger partial charge in [0.2, 0.25) is 0 Å². The van der Waals surface area contributed by atoms with Crippen molar-refractivity contribution >= 4 is 17.6 Å². The first-order valence-corrected chi connectivity index (χ1v) is 6.50. The van der Waals surface area contributed by atoms with Crippen LogP contribution in [0.3, 0.4) is 0 Å². The summed E-state index contributed by atoms with van der Waals surface area (Å²) in [7, 11) is 4.09. The van der Waals surface area contributed by atoms with Crippen molar-refractivity contribution in [1.29, 1.82) is 0 Å². The molecule has 5 nitrogen and oxygen atoms in total. The molecule has 0 heterocycles. The highest BCUT2D eigenvalue weighted by molar-refractivity contribution is 5.85. The third kappa shape index (κ3) is 12.5. The van der Waals surface area contributed by atoms with Crippen molar-refractivity contribution in [2.45, 2.75) is 20.8 Å². The fourth-order valence-electron chi connectivity index (χ4n) is 0.843. The fourth-order valence-corrected chi connectivity index (χ4v) is 0.843. The highest BCUT2D eigenvalue weighted by Gasteiger charge is 1.91. The zero-order chi connectivity index (χ0) is 17.9. The summed E-state index contributed by atoms with van der Waals surface area (Å²) in [5.41, 5.74) is 2.92. The maximum Gasteiger partial charge on any atom is 0.330 e. The number of aryl methyl sites for hydroxylation is 1. The molecular formula is C17H25NO4. The van der Waals surface area contributed by atoms with Gasteiger partial charge in [0.05, 0.1) is 0 Å². The summed E-state index contributed by atoms with van der Waals surface area (Å²) in [6.07, 6.45) is 0. The Hall–Kier alpha value is -2.56. The van der Waals surface area contributed by atoms with Gasteiger partial charge in [-0.05, 0) is 32.9 Å². The minimum absolute atomic E-state index is 0.176. The predicted molar refractivity (Wildman–Crippen MR) is 90.4 cm³/mol. The van der Waals surface area contributed by atoms with Crippen molar-refractivity contribution in [2.75, 3.05) is 19.0 Å². The van der Waals surface area contributed by atoms with Crippen LogP contribution in [0, 0.1) is 6.92 Å². The van der Waals surface area contributed by atoms with Crippen molar-refractivity contribution in [3.05, 3.63) is 54.1 Å². The maximum absolute atomic E-state index is 9.60. The molecule has 0 radical (unpaired) electrons. The summed E-state index contributed by atoms with van der Waals surface area (Å²) >= 11 is 0. The van der Waals surface area contributed by atoms with E-state index in [9.17, 15) is 9.59 Å². The first kappa shape index (κ1) is 21.7. The molecule has 0 bridgehead atoms. The highest BCUT2D eigenvalue weighted by Crippen LogP contribution is 2.10. The van der Waals surface area contributed by atoms with Gasteiger partial charge in [0.1, 0.15) is 0 Å². The van der Waals surface area contributed by atoms with Gasteiger partial charge in [-0.1, -0.05) is 30.9 Å². The van der Waals surface area contributed by atoms with Gasteiger partial charge in [-0.3, -0.25) is 0 Å². The third-order valence-corrected chi connectivity index (χ3v) is 2.28. The lowest BCUT2D eigenvalue weighted by molar-refractivity contribution is -0.133. The van der Waals surface area contributed by atoms with E-state index in [4.69, 9.17) is 10.2 Å². The molecule has 0 aliphatic carbocycles. The number of benzene rings is 1. The monoisotopic (exact) mass is 307 g/mol. The van der Waals surface area contributed by atoms with Gasteiger partial charge < -0.3 is 15.1 Å². The fraction of sp³-hybridized carbons (Fsp3) is 0.294. The van der Waals surface area contributed by atoms with Crippen LogP contribution in [0.1, 0.15) is 19.4 Å². The van der Waals surface area contributed by atoms with Crippen molar-refractivity contribution < 1.29 is 19.8 Å². The minimum Gasteiger partial charge on any atom is -0.478 e. The molecule has 2 N–H and O–H groups in total. The lowest BCUT2D eigenvalue weighted by Gasteiger charge is -2.11. The largest absolute Gasteiger partial charge is 0.478 e. The third-order valence-electron chi connectivity index (χ3n) is 2.28. The average Bonchev–Trinajstić information content (AvgIpc) is 2.40. The first-order valence-electron chi connectivity index (χ1n) is 6.50. The van der Waals surface area contributed by atoms with Crippen molar-refractivity contribution in [3.63, 3.8) is 0 Å². The molecule has 0 aromatic heterocycles. The number of hydrogen-bond acceptors (Lipinski definition) is 3. The summed E-state index contributed by atoms with van der Waals surface area (Å²) < 4.78 is 0. The number of carboxylic acid groups (broad SMARTS) is 2. The molecule has 0 spiro atoms. The molecule has 5 heteroatoms.